The van der Waals surface area contributed by atoms with Crippen LogP contribution in [0.2, 0.25) is 0 Å². The number of benzene rings is 2. The van der Waals surface area contributed by atoms with E-state index in [4.69, 9.17) is 4.42 Å². The molecule has 0 amide bonds. The summed E-state index contributed by atoms with van der Waals surface area (Å²) >= 11 is 4.11. The van der Waals surface area contributed by atoms with Gasteiger partial charge in [-0.2, -0.15) is 0 Å². The van der Waals surface area contributed by atoms with Crippen molar-refractivity contribution >= 4 is 23.6 Å². The summed E-state index contributed by atoms with van der Waals surface area (Å²) in [5.74, 6) is -1.34. The van der Waals surface area contributed by atoms with Crippen molar-refractivity contribution in [2.24, 2.45) is 0 Å². The average Bonchev–Trinajstić information content (AvgIpc) is 2.45. The number of hydrogen-bond acceptors (Lipinski definition) is 7. The van der Waals surface area contributed by atoms with E-state index in [1.165, 1.54) is 24.3 Å². The van der Waals surface area contributed by atoms with Crippen LogP contribution in [-0.2, 0) is 0 Å². The first-order valence-corrected chi connectivity index (χ1v) is 6.57. The highest BCUT2D eigenvalue weighted by atomic mass is 32.1. The summed E-state index contributed by atoms with van der Waals surface area (Å²) in [6, 6.07) is 6.09. The Hall–Kier alpha value is -2.80. The summed E-state index contributed by atoms with van der Waals surface area (Å²) in [7, 11) is 0. The summed E-state index contributed by atoms with van der Waals surface area (Å²) < 4.78 is 5.53. The van der Waals surface area contributed by atoms with Crippen LogP contribution in [0.5, 0.6) is 23.0 Å². The van der Waals surface area contributed by atoms with E-state index in [1.807, 2.05) is 0 Å². The molecular formula is C15H10O6S. The van der Waals surface area contributed by atoms with Gasteiger partial charge in [-0.1, -0.05) is 0 Å². The fraction of sp³-hybridized carbons (Fsp3) is 0. The van der Waals surface area contributed by atoms with Crippen molar-refractivity contribution in [3.63, 3.8) is 0 Å². The Bertz CT molecular complexity index is 960. The fourth-order valence-electron chi connectivity index (χ4n) is 2.14. The van der Waals surface area contributed by atoms with Crippen LogP contribution in [0.1, 0.15) is 0 Å². The van der Waals surface area contributed by atoms with Crippen LogP contribution in [0.4, 0.5) is 0 Å². The minimum absolute atomic E-state index is 0.0251. The number of phenolic OH excluding ortho intramolecular Hbond substituents is 4. The maximum absolute atomic E-state index is 12.3. The Kier molecular flexibility index (Phi) is 3.14. The van der Waals surface area contributed by atoms with Crippen LogP contribution in [-0.4, -0.2) is 20.4 Å². The molecule has 2 aromatic carbocycles. The first-order valence-electron chi connectivity index (χ1n) is 6.12. The van der Waals surface area contributed by atoms with Crippen LogP contribution < -0.4 is 5.43 Å². The molecule has 1 heterocycles. The molecule has 3 aromatic rings. The van der Waals surface area contributed by atoms with Crippen LogP contribution in [0.25, 0.3) is 22.3 Å². The molecule has 0 aliphatic rings. The third-order valence-corrected chi connectivity index (χ3v) is 3.58. The van der Waals surface area contributed by atoms with Gasteiger partial charge < -0.3 is 24.8 Å². The average molecular weight is 318 g/mol. The molecule has 0 aliphatic heterocycles. The zero-order valence-electron chi connectivity index (χ0n) is 10.9. The van der Waals surface area contributed by atoms with Gasteiger partial charge in [-0.05, 0) is 18.2 Å². The summed E-state index contributed by atoms with van der Waals surface area (Å²) in [5.41, 5.74) is -0.297. The lowest BCUT2D eigenvalue weighted by Crippen LogP contribution is -2.05. The standard InChI is InChI=1S/C15H10O6S/c16-7-4-10(19)12-11(5-7)21-14(15(22)13(12)20)6-1-2-8(17)9(18)3-6/h1-5,16-19,22H. The van der Waals surface area contributed by atoms with Crippen molar-refractivity contribution in [1.29, 1.82) is 0 Å². The first kappa shape index (κ1) is 14.2. The molecule has 0 bridgehead atoms. The number of thiol groups is 1. The predicted molar refractivity (Wildman–Crippen MR) is 81.8 cm³/mol. The van der Waals surface area contributed by atoms with Crippen LogP contribution in [0.3, 0.4) is 0 Å². The van der Waals surface area contributed by atoms with Gasteiger partial charge >= 0.3 is 0 Å². The molecule has 0 aliphatic carbocycles. The number of aromatic hydroxyl groups is 4. The van der Waals surface area contributed by atoms with E-state index in [-0.39, 0.29) is 38.9 Å². The first-order chi connectivity index (χ1) is 10.4. The summed E-state index contributed by atoms with van der Waals surface area (Å²) in [5, 5.41) is 38.0. The Morgan fingerprint density at radius 3 is 2.32 bits per heavy atom. The smallest absolute Gasteiger partial charge is 0.210 e. The van der Waals surface area contributed by atoms with Crippen molar-refractivity contribution in [2.45, 2.75) is 4.90 Å². The SMILES string of the molecule is O=c1c(S)c(-c2ccc(O)c(O)c2)oc2cc(O)cc(O)c12. The minimum atomic E-state index is -0.579. The third-order valence-electron chi connectivity index (χ3n) is 3.17. The monoisotopic (exact) mass is 318 g/mol. The normalized spacial score (nSPS) is 11.0. The molecular weight excluding hydrogens is 308 g/mol. The molecule has 0 atom stereocenters. The van der Waals surface area contributed by atoms with E-state index < -0.39 is 11.2 Å². The van der Waals surface area contributed by atoms with E-state index >= 15 is 0 Å². The molecule has 0 fully saturated rings. The van der Waals surface area contributed by atoms with Gasteiger partial charge in [-0.25, -0.2) is 0 Å². The second-order valence-electron chi connectivity index (χ2n) is 4.65. The summed E-state index contributed by atoms with van der Waals surface area (Å²) in [6.07, 6.45) is 0. The molecule has 0 saturated carbocycles. The Labute approximate surface area is 128 Å². The zero-order valence-corrected chi connectivity index (χ0v) is 11.8. The van der Waals surface area contributed by atoms with Gasteiger partial charge in [-0.15, -0.1) is 12.6 Å². The molecule has 22 heavy (non-hydrogen) atoms. The zero-order chi connectivity index (χ0) is 16.0. The van der Waals surface area contributed by atoms with Crippen molar-refractivity contribution in [2.75, 3.05) is 0 Å². The highest BCUT2D eigenvalue weighted by Gasteiger charge is 2.17. The van der Waals surface area contributed by atoms with Crippen molar-refractivity contribution in [3.05, 3.63) is 40.6 Å². The number of fused-ring (bicyclic) bond motifs is 1. The summed E-state index contributed by atoms with van der Waals surface area (Å²) in [6.45, 7) is 0. The van der Waals surface area contributed by atoms with E-state index in [1.54, 1.807) is 0 Å². The van der Waals surface area contributed by atoms with Gasteiger partial charge in [0.25, 0.3) is 0 Å². The number of phenols is 4. The molecule has 1 aromatic heterocycles. The van der Waals surface area contributed by atoms with E-state index in [0.717, 1.165) is 6.07 Å². The van der Waals surface area contributed by atoms with Crippen LogP contribution >= 0.6 is 12.6 Å². The number of rotatable bonds is 1. The minimum Gasteiger partial charge on any atom is -0.508 e. The lowest BCUT2D eigenvalue weighted by atomic mass is 10.1. The van der Waals surface area contributed by atoms with Gasteiger partial charge in [0.1, 0.15) is 22.5 Å². The van der Waals surface area contributed by atoms with E-state index in [2.05, 4.69) is 12.6 Å². The fourth-order valence-corrected chi connectivity index (χ4v) is 2.42. The molecule has 112 valence electrons. The molecule has 7 heteroatoms. The molecule has 0 unspecified atom stereocenters. The van der Waals surface area contributed by atoms with E-state index in [0.29, 0.717) is 5.56 Å². The molecule has 0 spiro atoms. The van der Waals surface area contributed by atoms with Crippen molar-refractivity contribution in [1.82, 2.24) is 0 Å². The third kappa shape index (κ3) is 2.11. The lowest BCUT2D eigenvalue weighted by Gasteiger charge is -2.08. The second-order valence-corrected chi connectivity index (χ2v) is 5.10. The van der Waals surface area contributed by atoms with Crippen molar-refractivity contribution < 1.29 is 24.8 Å². The van der Waals surface area contributed by atoms with E-state index in [9.17, 15) is 25.2 Å². The van der Waals surface area contributed by atoms with Gasteiger partial charge in [0.05, 0.1) is 4.90 Å². The Morgan fingerprint density at radius 1 is 0.909 bits per heavy atom. The molecule has 0 radical (unpaired) electrons. The maximum atomic E-state index is 12.3. The quantitative estimate of drug-likeness (QED) is 0.348. The number of hydrogen-bond donors (Lipinski definition) is 5. The molecule has 0 saturated heterocycles. The lowest BCUT2D eigenvalue weighted by molar-refractivity contribution is 0.404. The maximum Gasteiger partial charge on any atom is 0.210 e. The van der Waals surface area contributed by atoms with Crippen molar-refractivity contribution in [3.8, 4) is 34.3 Å². The largest absolute Gasteiger partial charge is 0.508 e. The highest BCUT2D eigenvalue weighted by Crippen LogP contribution is 2.36. The summed E-state index contributed by atoms with van der Waals surface area (Å²) in [4.78, 5) is 12.2. The van der Waals surface area contributed by atoms with Gasteiger partial charge in [0.15, 0.2) is 17.3 Å². The van der Waals surface area contributed by atoms with Crippen LogP contribution in [0, 0.1) is 0 Å². The predicted octanol–water partition coefficient (Wildman–Crippen LogP) is 2.57. The molecule has 6 nitrogen and oxygen atoms in total. The van der Waals surface area contributed by atoms with Gasteiger partial charge in [0, 0.05) is 17.7 Å². The van der Waals surface area contributed by atoms with Gasteiger partial charge in [0.2, 0.25) is 5.43 Å². The topological polar surface area (TPSA) is 111 Å². The Morgan fingerprint density at radius 2 is 1.64 bits per heavy atom. The second kappa shape index (κ2) is 4.88. The Balaban J connectivity index is 2.38. The van der Waals surface area contributed by atoms with Gasteiger partial charge in [-0.3, -0.25) is 4.79 Å². The van der Waals surface area contributed by atoms with Crippen LogP contribution in [0.15, 0.2) is 44.4 Å². The molecule has 4 N–H and O–H groups in total. The highest BCUT2D eigenvalue weighted by molar-refractivity contribution is 7.80. The molecule has 3 rings (SSSR count).